The molecule has 0 aromatic heterocycles. The number of carbonyl (C=O) groups excluding carboxylic acids is 3. The zero-order valence-corrected chi connectivity index (χ0v) is 13.7. The number of primary amides is 1. The molecule has 0 radical (unpaired) electrons. The van der Waals surface area contributed by atoms with E-state index in [9.17, 15) is 14.4 Å². The fraction of sp³-hybridized carbons (Fsp3) is 0.471. The molecule has 1 heterocycles. The van der Waals surface area contributed by atoms with Gasteiger partial charge < -0.3 is 25.8 Å². The van der Waals surface area contributed by atoms with Gasteiger partial charge in [-0.3, -0.25) is 14.4 Å². The van der Waals surface area contributed by atoms with E-state index in [0.717, 1.165) is 25.7 Å². The minimum atomic E-state index is -0.790. The first-order valence-corrected chi connectivity index (χ1v) is 8.28. The van der Waals surface area contributed by atoms with Crippen molar-refractivity contribution in [1.82, 2.24) is 5.32 Å². The molecule has 1 saturated heterocycles. The Morgan fingerprint density at radius 3 is 2.44 bits per heavy atom. The van der Waals surface area contributed by atoms with E-state index in [0.29, 0.717) is 17.9 Å². The Bertz CT molecular complexity index is 667. The Balaban J connectivity index is 1.45. The number of hydrogen-bond acceptors (Lipinski definition) is 5. The van der Waals surface area contributed by atoms with Crippen molar-refractivity contribution in [3.05, 3.63) is 29.8 Å². The molecule has 2 aliphatic rings. The van der Waals surface area contributed by atoms with Crippen LogP contribution in [-0.4, -0.2) is 42.8 Å². The van der Waals surface area contributed by atoms with Crippen molar-refractivity contribution < 1.29 is 23.9 Å². The minimum absolute atomic E-state index is 0.217. The highest BCUT2D eigenvalue weighted by Gasteiger charge is 2.43. The van der Waals surface area contributed by atoms with Crippen LogP contribution in [0.4, 0.5) is 5.69 Å². The van der Waals surface area contributed by atoms with Crippen molar-refractivity contribution in [2.45, 2.75) is 37.6 Å². The van der Waals surface area contributed by atoms with Crippen molar-refractivity contribution in [3.63, 3.8) is 0 Å². The van der Waals surface area contributed by atoms with E-state index in [4.69, 9.17) is 15.2 Å². The van der Waals surface area contributed by atoms with Crippen LogP contribution in [0.25, 0.3) is 0 Å². The van der Waals surface area contributed by atoms with E-state index in [1.807, 2.05) is 0 Å². The molecule has 134 valence electrons. The van der Waals surface area contributed by atoms with Gasteiger partial charge in [0.05, 0.1) is 6.61 Å². The van der Waals surface area contributed by atoms with Gasteiger partial charge in [0.1, 0.15) is 6.10 Å². The third kappa shape index (κ3) is 4.15. The number of nitrogens with two attached hydrogens (primary N) is 1. The molecule has 1 aromatic rings. The van der Waals surface area contributed by atoms with Gasteiger partial charge in [-0.2, -0.15) is 0 Å². The van der Waals surface area contributed by atoms with Crippen LogP contribution in [0, 0.1) is 0 Å². The number of carbonyl (C=O) groups is 3. The van der Waals surface area contributed by atoms with Crippen LogP contribution in [-0.2, 0) is 19.1 Å². The Hall–Kier alpha value is -2.45. The molecule has 8 nitrogen and oxygen atoms in total. The van der Waals surface area contributed by atoms with Crippen molar-refractivity contribution in [3.8, 4) is 0 Å². The van der Waals surface area contributed by atoms with Gasteiger partial charge in [0.15, 0.2) is 5.79 Å². The second kappa shape index (κ2) is 7.20. The molecular formula is C17H21N3O5. The summed E-state index contributed by atoms with van der Waals surface area (Å²) in [5.74, 6) is -2.59. The predicted octanol–water partition coefficient (Wildman–Crippen LogP) is 0.526. The van der Waals surface area contributed by atoms with Crippen LogP contribution in [0.1, 0.15) is 36.0 Å². The fourth-order valence-electron chi connectivity index (χ4n) is 3.09. The van der Waals surface area contributed by atoms with Gasteiger partial charge in [0.2, 0.25) is 5.91 Å². The maximum atomic E-state index is 11.9. The largest absolute Gasteiger partial charge is 0.366 e. The molecule has 2 fully saturated rings. The molecule has 1 unspecified atom stereocenters. The van der Waals surface area contributed by atoms with Gasteiger partial charge in [-0.15, -0.1) is 0 Å². The zero-order chi connectivity index (χ0) is 17.9. The highest BCUT2D eigenvalue weighted by molar-refractivity contribution is 6.39. The first-order chi connectivity index (χ1) is 12.0. The molecule has 1 atom stereocenters. The molecule has 0 bridgehead atoms. The van der Waals surface area contributed by atoms with Crippen LogP contribution < -0.4 is 16.4 Å². The third-order valence-corrected chi connectivity index (χ3v) is 4.40. The lowest BCUT2D eigenvalue weighted by Gasteiger charge is -2.21. The summed E-state index contributed by atoms with van der Waals surface area (Å²) in [4.78, 5) is 34.8. The minimum Gasteiger partial charge on any atom is -0.366 e. The van der Waals surface area contributed by atoms with E-state index in [1.165, 1.54) is 24.3 Å². The van der Waals surface area contributed by atoms with Crippen molar-refractivity contribution in [1.29, 1.82) is 0 Å². The van der Waals surface area contributed by atoms with Crippen LogP contribution in [0.3, 0.4) is 0 Å². The van der Waals surface area contributed by atoms with Crippen molar-refractivity contribution in [2.24, 2.45) is 5.73 Å². The Kier molecular flexibility index (Phi) is 5.00. The molecule has 8 heteroatoms. The molecule has 3 rings (SSSR count). The number of ether oxygens (including phenoxy) is 2. The average molecular weight is 347 g/mol. The molecule has 1 aliphatic heterocycles. The lowest BCUT2D eigenvalue weighted by atomic mass is 10.2. The molecule has 1 aromatic carbocycles. The summed E-state index contributed by atoms with van der Waals surface area (Å²) >= 11 is 0. The van der Waals surface area contributed by atoms with E-state index in [-0.39, 0.29) is 12.6 Å². The lowest BCUT2D eigenvalue weighted by Crippen LogP contribution is -2.40. The summed E-state index contributed by atoms with van der Waals surface area (Å²) in [7, 11) is 0. The molecule has 4 N–H and O–H groups in total. The summed E-state index contributed by atoms with van der Waals surface area (Å²) < 4.78 is 11.6. The van der Waals surface area contributed by atoms with Crippen molar-refractivity contribution >= 4 is 23.4 Å². The standard InChI is InChI=1S/C17H21N3O5/c18-14(21)11-3-5-12(6-4-11)20-16(23)15(22)19-9-13-10-24-17(25-13)7-1-2-8-17/h3-6,13H,1-2,7-10H2,(H2,18,21)(H,19,22)(H,20,23). The molecular weight excluding hydrogens is 326 g/mol. The first kappa shape index (κ1) is 17.4. The van der Waals surface area contributed by atoms with E-state index in [1.54, 1.807) is 0 Å². The van der Waals surface area contributed by atoms with E-state index >= 15 is 0 Å². The fourth-order valence-corrected chi connectivity index (χ4v) is 3.09. The predicted molar refractivity (Wildman–Crippen MR) is 88.6 cm³/mol. The maximum Gasteiger partial charge on any atom is 0.313 e. The number of hydrogen-bond donors (Lipinski definition) is 3. The van der Waals surface area contributed by atoms with Gasteiger partial charge in [-0.25, -0.2) is 0 Å². The van der Waals surface area contributed by atoms with Gasteiger partial charge in [-0.05, 0) is 37.1 Å². The highest BCUT2D eigenvalue weighted by atomic mass is 16.7. The van der Waals surface area contributed by atoms with E-state index < -0.39 is 23.5 Å². The third-order valence-electron chi connectivity index (χ3n) is 4.40. The number of rotatable bonds is 4. The average Bonchev–Trinajstić information content (AvgIpc) is 3.23. The summed E-state index contributed by atoms with van der Waals surface area (Å²) in [5, 5.41) is 5.01. The van der Waals surface area contributed by atoms with Gasteiger partial charge in [0, 0.05) is 30.6 Å². The topological polar surface area (TPSA) is 120 Å². The SMILES string of the molecule is NC(=O)c1ccc(NC(=O)C(=O)NCC2COC3(CCCC3)O2)cc1. The molecule has 1 aliphatic carbocycles. The molecule has 25 heavy (non-hydrogen) atoms. The number of anilines is 1. The first-order valence-electron chi connectivity index (χ1n) is 8.28. The molecule has 1 spiro atoms. The highest BCUT2D eigenvalue weighted by Crippen LogP contribution is 2.38. The van der Waals surface area contributed by atoms with Crippen LogP contribution in [0.5, 0.6) is 0 Å². The monoisotopic (exact) mass is 347 g/mol. The smallest absolute Gasteiger partial charge is 0.313 e. The lowest BCUT2D eigenvalue weighted by molar-refractivity contribution is -0.161. The normalized spacial score (nSPS) is 21.2. The van der Waals surface area contributed by atoms with Crippen molar-refractivity contribution in [2.75, 3.05) is 18.5 Å². The van der Waals surface area contributed by atoms with E-state index in [2.05, 4.69) is 10.6 Å². The molecule has 3 amide bonds. The van der Waals surface area contributed by atoms with Crippen LogP contribution in [0.2, 0.25) is 0 Å². The van der Waals surface area contributed by atoms with Gasteiger partial charge in [0.25, 0.3) is 0 Å². The number of amides is 3. The second-order valence-electron chi connectivity index (χ2n) is 6.27. The van der Waals surface area contributed by atoms with Gasteiger partial charge in [-0.1, -0.05) is 0 Å². The van der Waals surface area contributed by atoms with Crippen LogP contribution >= 0.6 is 0 Å². The summed E-state index contributed by atoms with van der Waals surface area (Å²) in [5.41, 5.74) is 5.86. The number of benzene rings is 1. The summed E-state index contributed by atoms with van der Waals surface area (Å²) in [6.07, 6.45) is 3.66. The summed E-state index contributed by atoms with van der Waals surface area (Å²) in [6.45, 7) is 0.630. The van der Waals surface area contributed by atoms with Crippen LogP contribution in [0.15, 0.2) is 24.3 Å². The Morgan fingerprint density at radius 1 is 1.12 bits per heavy atom. The Morgan fingerprint density at radius 2 is 1.80 bits per heavy atom. The zero-order valence-electron chi connectivity index (χ0n) is 13.7. The number of nitrogens with one attached hydrogen (secondary N) is 2. The van der Waals surface area contributed by atoms with Gasteiger partial charge >= 0.3 is 11.8 Å². The summed E-state index contributed by atoms with van der Waals surface area (Å²) in [6, 6.07) is 5.95. The second-order valence-corrected chi connectivity index (χ2v) is 6.27. The Labute approximate surface area is 145 Å². The quantitative estimate of drug-likeness (QED) is 0.686. The maximum absolute atomic E-state index is 11.9. The molecule has 1 saturated carbocycles.